The number of benzene rings is 2. The fourth-order valence-corrected chi connectivity index (χ4v) is 3.86. The number of esters is 1. The first kappa shape index (κ1) is 18.5. The average molecular weight is 380 g/mol. The highest BCUT2D eigenvalue weighted by Crippen LogP contribution is 2.44. The summed E-state index contributed by atoms with van der Waals surface area (Å²) in [6.07, 6.45) is -0.369. The van der Waals surface area contributed by atoms with E-state index in [9.17, 15) is 4.79 Å². The summed E-state index contributed by atoms with van der Waals surface area (Å²) in [6.45, 7) is 4.94. The predicted octanol–water partition coefficient (Wildman–Crippen LogP) is 3.41. The third-order valence-electron chi connectivity index (χ3n) is 5.29. The molecule has 4 rings (SSSR count). The van der Waals surface area contributed by atoms with Crippen LogP contribution in [0.2, 0.25) is 0 Å². The largest absolute Gasteiger partial charge is 0.497 e. The van der Waals surface area contributed by atoms with Gasteiger partial charge in [-0.1, -0.05) is 36.4 Å². The molecule has 28 heavy (non-hydrogen) atoms. The maximum absolute atomic E-state index is 12.5. The summed E-state index contributed by atoms with van der Waals surface area (Å²) in [4.78, 5) is 20.6. The van der Waals surface area contributed by atoms with Crippen LogP contribution >= 0.6 is 0 Å². The van der Waals surface area contributed by atoms with E-state index in [0.29, 0.717) is 18.8 Å². The Kier molecular flexibility index (Phi) is 5.07. The maximum Gasteiger partial charge on any atom is 0.357 e. The minimum Gasteiger partial charge on any atom is -0.497 e. The Bertz CT molecular complexity index is 907. The number of fused-ring (bicyclic) bond motifs is 3. The lowest BCUT2D eigenvalue weighted by atomic mass is 9.87. The number of ether oxygens (including phenoxy) is 2. The van der Waals surface area contributed by atoms with Gasteiger partial charge in [-0.2, -0.15) is 0 Å². The van der Waals surface area contributed by atoms with Gasteiger partial charge in [-0.15, -0.1) is 0 Å². The van der Waals surface area contributed by atoms with Crippen molar-refractivity contribution in [3.63, 3.8) is 0 Å². The fourth-order valence-electron chi connectivity index (χ4n) is 3.86. The quantitative estimate of drug-likeness (QED) is 0.803. The Morgan fingerprint density at radius 2 is 1.93 bits per heavy atom. The van der Waals surface area contributed by atoms with E-state index >= 15 is 0 Å². The molecule has 0 saturated carbocycles. The van der Waals surface area contributed by atoms with E-state index in [4.69, 9.17) is 14.3 Å². The van der Waals surface area contributed by atoms with Gasteiger partial charge < -0.3 is 9.47 Å². The Balaban J connectivity index is 1.74. The summed E-state index contributed by atoms with van der Waals surface area (Å²) < 4.78 is 10.5. The van der Waals surface area contributed by atoms with Crippen molar-refractivity contribution in [1.82, 2.24) is 10.4 Å². The molecule has 0 saturated heterocycles. The number of nitrogens with one attached hydrogen (secondary N) is 1. The Labute approximate surface area is 164 Å². The highest BCUT2D eigenvalue weighted by molar-refractivity contribution is 5.99. The molecule has 2 aromatic carbocycles. The van der Waals surface area contributed by atoms with Gasteiger partial charge in [0.2, 0.25) is 0 Å². The molecular weight excluding hydrogens is 356 g/mol. The predicted molar refractivity (Wildman–Crippen MR) is 105 cm³/mol. The van der Waals surface area contributed by atoms with Crippen LogP contribution in [0.25, 0.3) is 5.57 Å². The van der Waals surface area contributed by atoms with E-state index in [1.807, 2.05) is 42.5 Å². The number of hydrogen-bond donors (Lipinski definition) is 1. The summed E-state index contributed by atoms with van der Waals surface area (Å²) in [6, 6.07) is 16.3. The molecule has 0 aliphatic carbocycles. The summed E-state index contributed by atoms with van der Waals surface area (Å²) in [7, 11) is 1.66. The molecule has 1 N–H and O–H groups in total. The van der Waals surface area contributed by atoms with Gasteiger partial charge in [-0.05, 0) is 42.7 Å². The highest BCUT2D eigenvalue weighted by atomic mass is 16.7. The Morgan fingerprint density at radius 3 is 2.64 bits per heavy atom. The lowest BCUT2D eigenvalue weighted by molar-refractivity contribution is -0.140. The molecule has 146 valence electrons. The average Bonchev–Trinajstić information content (AvgIpc) is 3.17. The van der Waals surface area contributed by atoms with Crippen LogP contribution in [0.5, 0.6) is 5.75 Å². The third kappa shape index (κ3) is 3.15. The zero-order valence-electron chi connectivity index (χ0n) is 16.3. The second-order valence-corrected chi connectivity index (χ2v) is 6.87. The molecule has 6 nitrogen and oxygen atoms in total. The van der Waals surface area contributed by atoms with Gasteiger partial charge in [0.1, 0.15) is 5.75 Å². The van der Waals surface area contributed by atoms with E-state index in [1.165, 1.54) is 0 Å². The number of carbonyl (C=O) groups excluding carboxylic acids is 1. The lowest BCUT2D eigenvalue weighted by Crippen LogP contribution is -2.42. The lowest BCUT2D eigenvalue weighted by Gasteiger charge is -2.39. The van der Waals surface area contributed by atoms with Gasteiger partial charge >= 0.3 is 5.97 Å². The molecule has 2 heterocycles. The highest BCUT2D eigenvalue weighted by Gasteiger charge is 2.43. The number of carbonyl (C=O) groups is 1. The molecule has 0 radical (unpaired) electrons. The van der Waals surface area contributed by atoms with Crippen molar-refractivity contribution in [1.29, 1.82) is 0 Å². The first-order valence-corrected chi connectivity index (χ1v) is 9.45. The molecule has 2 aliphatic heterocycles. The van der Waals surface area contributed by atoms with Crippen LogP contribution < -0.4 is 10.2 Å². The molecular formula is C22H24N2O4. The van der Waals surface area contributed by atoms with Gasteiger partial charge in [-0.3, -0.25) is 15.2 Å². The maximum atomic E-state index is 12.5. The van der Waals surface area contributed by atoms with Crippen LogP contribution in [-0.2, 0) is 20.9 Å². The van der Waals surface area contributed by atoms with Crippen molar-refractivity contribution in [3.05, 3.63) is 70.9 Å². The number of hydroxylamine groups is 1. The van der Waals surface area contributed by atoms with E-state index in [1.54, 1.807) is 14.0 Å². The molecule has 0 fully saturated rings. The van der Waals surface area contributed by atoms with E-state index in [2.05, 4.69) is 23.4 Å². The van der Waals surface area contributed by atoms with Crippen molar-refractivity contribution < 1.29 is 19.1 Å². The van der Waals surface area contributed by atoms with Crippen LogP contribution in [0.1, 0.15) is 36.6 Å². The van der Waals surface area contributed by atoms with Gasteiger partial charge in [0.15, 0.2) is 11.9 Å². The number of hydrogen-bond acceptors (Lipinski definition) is 6. The topological polar surface area (TPSA) is 60.0 Å². The molecule has 6 heteroatoms. The SMILES string of the molecule is CCOC(=O)C1=C2c3ccccc3C(C)N(Cc3ccc(OC)cc3)C2ON1. The summed E-state index contributed by atoms with van der Waals surface area (Å²) >= 11 is 0. The van der Waals surface area contributed by atoms with Crippen LogP contribution in [0, 0.1) is 0 Å². The van der Waals surface area contributed by atoms with Crippen molar-refractivity contribution in [2.45, 2.75) is 32.7 Å². The Morgan fingerprint density at radius 1 is 1.18 bits per heavy atom. The number of rotatable bonds is 5. The molecule has 0 amide bonds. The minimum absolute atomic E-state index is 0.121. The van der Waals surface area contributed by atoms with Crippen LogP contribution in [0.3, 0.4) is 0 Å². The zero-order valence-corrected chi connectivity index (χ0v) is 16.3. The fraction of sp³-hybridized carbons (Fsp3) is 0.318. The van der Waals surface area contributed by atoms with Crippen molar-refractivity contribution in [2.75, 3.05) is 13.7 Å². The zero-order chi connectivity index (χ0) is 19.7. The number of nitrogens with zero attached hydrogens (tertiary/aromatic N) is 1. The number of methoxy groups -OCH3 is 1. The second-order valence-electron chi connectivity index (χ2n) is 6.87. The normalized spacial score (nSPS) is 21.0. The monoisotopic (exact) mass is 380 g/mol. The third-order valence-corrected chi connectivity index (χ3v) is 5.29. The minimum atomic E-state index is -0.395. The van der Waals surface area contributed by atoms with Gasteiger partial charge in [0, 0.05) is 18.2 Å². The molecule has 0 spiro atoms. The standard InChI is InChI=1S/C22H24N2O4/c1-4-27-22(25)20-19-18-8-6-5-7-17(18)14(2)24(21(19)28-23-20)13-15-9-11-16(26-3)12-10-15/h5-12,14,21,23H,4,13H2,1-3H3. The second kappa shape index (κ2) is 7.66. The molecule has 0 bridgehead atoms. The molecule has 2 unspecified atom stereocenters. The van der Waals surface area contributed by atoms with Crippen molar-refractivity contribution in [2.24, 2.45) is 0 Å². The van der Waals surface area contributed by atoms with Crippen LogP contribution in [0.15, 0.2) is 54.2 Å². The summed E-state index contributed by atoms with van der Waals surface area (Å²) in [5.74, 6) is 0.429. The van der Waals surface area contributed by atoms with Crippen LogP contribution in [-0.4, -0.2) is 30.8 Å². The summed E-state index contributed by atoms with van der Waals surface area (Å²) in [5.41, 5.74) is 7.37. The smallest absolute Gasteiger partial charge is 0.357 e. The van der Waals surface area contributed by atoms with Gasteiger partial charge in [0.25, 0.3) is 0 Å². The molecule has 0 aromatic heterocycles. The van der Waals surface area contributed by atoms with Crippen LogP contribution in [0.4, 0.5) is 0 Å². The van der Waals surface area contributed by atoms with E-state index in [0.717, 1.165) is 28.0 Å². The van der Waals surface area contributed by atoms with Crippen molar-refractivity contribution in [3.8, 4) is 5.75 Å². The van der Waals surface area contributed by atoms with E-state index in [-0.39, 0.29) is 12.3 Å². The summed E-state index contributed by atoms with van der Waals surface area (Å²) in [5, 5.41) is 0. The van der Waals surface area contributed by atoms with Gasteiger partial charge in [0.05, 0.1) is 13.7 Å². The van der Waals surface area contributed by atoms with Crippen molar-refractivity contribution >= 4 is 11.5 Å². The Hall–Kier alpha value is -2.83. The molecule has 2 aromatic rings. The molecule has 2 atom stereocenters. The van der Waals surface area contributed by atoms with Gasteiger partial charge in [-0.25, -0.2) is 4.79 Å². The first-order valence-electron chi connectivity index (χ1n) is 9.45. The first-order chi connectivity index (χ1) is 13.6. The molecule has 2 aliphatic rings. The van der Waals surface area contributed by atoms with E-state index < -0.39 is 5.97 Å².